The molecule has 0 radical (unpaired) electrons. The number of hydrogen-bond acceptors (Lipinski definition) is 4. The molecular weight excluding hydrogens is 326 g/mol. The zero-order valence-electron chi connectivity index (χ0n) is 14.5. The van der Waals surface area contributed by atoms with Gasteiger partial charge in [-0.3, -0.25) is 4.79 Å². The Hall–Kier alpha value is -2.99. The van der Waals surface area contributed by atoms with Crippen LogP contribution in [0.2, 0.25) is 0 Å². The van der Waals surface area contributed by atoms with Gasteiger partial charge in [0.05, 0.1) is 18.1 Å². The first-order valence-electron chi connectivity index (χ1n) is 8.83. The molecule has 1 fully saturated rings. The van der Waals surface area contributed by atoms with Crippen LogP contribution in [0.5, 0.6) is 0 Å². The second kappa shape index (κ2) is 7.49. The van der Waals surface area contributed by atoms with E-state index in [1.54, 1.807) is 17.1 Å². The van der Waals surface area contributed by atoms with Crippen molar-refractivity contribution in [2.24, 2.45) is 0 Å². The summed E-state index contributed by atoms with van der Waals surface area (Å²) in [6.07, 6.45) is 4.34. The zero-order valence-corrected chi connectivity index (χ0v) is 14.5. The molecular formula is C20H21N5O. The third-order valence-electron chi connectivity index (χ3n) is 4.67. The number of hydrogen-bond donors (Lipinski definition) is 1. The number of benzene rings is 2. The van der Waals surface area contributed by atoms with Gasteiger partial charge in [0.2, 0.25) is 0 Å². The molecule has 1 N–H and O–H groups in total. The van der Waals surface area contributed by atoms with E-state index >= 15 is 0 Å². The molecule has 0 aliphatic carbocycles. The molecule has 1 aliphatic heterocycles. The lowest BCUT2D eigenvalue weighted by Gasteiger charge is -2.34. The average molecular weight is 347 g/mol. The SMILES string of the molecule is O=C(c1ccc(-n2ccnn2)cc1)N1CCNC(Cc2ccccc2)C1. The fourth-order valence-corrected chi connectivity index (χ4v) is 3.33. The molecule has 26 heavy (non-hydrogen) atoms. The summed E-state index contributed by atoms with van der Waals surface area (Å²) in [5, 5.41) is 11.3. The summed E-state index contributed by atoms with van der Waals surface area (Å²) in [4.78, 5) is 14.8. The van der Waals surface area contributed by atoms with Gasteiger partial charge in [-0.15, -0.1) is 5.10 Å². The normalized spacial score (nSPS) is 17.2. The van der Waals surface area contributed by atoms with E-state index in [0.29, 0.717) is 5.56 Å². The molecule has 0 saturated carbocycles. The van der Waals surface area contributed by atoms with Crippen LogP contribution in [0.3, 0.4) is 0 Å². The van der Waals surface area contributed by atoms with E-state index in [1.165, 1.54) is 5.56 Å². The molecule has 132 valence electrons. The van der Waals surface area contributed by atoms with Gasteiger partial charge in [-0.05, 0) is 36.2 Å². The van der Waals surface area contributed by atoms with Gasteiger partial charge in [-0.1, -0.05) is 35.5 Å². The van der Waals surface area contributed by atoms with Crippen LogP contribution in [0.1, 0.15) is 15.9 Å². The smallest absolute Gasteiger partial charge is 0.253 e. The van der Waals surface area contributed by atoms with Gasteiger partial charge in [0, 0.05) is 31.2 Å². The Morgan fingerprint density at radius 1 is 1.12 bits per heavy atom. The number of nitrogens with zero attached hydrogens (tertiary/aromatic N) is 4. The molecule has 1 aliphatic rings. The van der Waals surface area contributed by atoms with Gasteiger partial charge in [0.1, 0.15) is 0 Å². The molecule has 3 aromatic rings. The summed E-state index contributed by atoms with van der Waals surface area (Å²) in [7, 11) is 0. The molecule has 1 aromatic heterocycles. The first-order valence-corrected chi connectivity index (χ1v) is 8.83. The summed E-state index contributed by atoms with van der Waals surface area (Å²) >= 11 is 0. The van der Waals surface area contributed by atoms with E-state index in [2.05, 4.69) is 39.9 Å². The van der Waals surface area contributed by atoms with Crippen molar-refractivity contribution in [2.45, 2.75) is 12.5 Å². The Morgan fingerprint density at radius 2 is 1.92 bits per heavy atom. The van der Waals surface area contributed by atoms with Crippen LogP contribution < -0.4 is 5.32 Å². The minimum absolute atomic E-state index is 0.0784. The second-order valence-corrected chi connectivity index (χ2v) is 6.49. The highest BCUT2D eigenvalue weighted by molar-refractivity contribution is 5.94. The molecule has 0 spiro atoms. The van der Waals surface area contributed by atoms with Crippen LogP contribution in [-0.4, -0.2) is 51.5 Å². The van der Waals surface area contributed by atoms with Crippen molar-refractivity contribution in [3.63, 3.8) is 0 Å². The predicted octanol–water partition coefficient (Wildman–Crippen LogP) is 1.92. The maximum absolute atomic E-state index is 12.9. The van der Waals surface area contributed by atoms with Crippen molar-refractivity contribution >= 4 is 5.91 Å². The van der Waals surface area contributed by atoms with E-state index in [1.807, 2.05) is 35.2 Å². The molecule has 6 nitrogen and oxygen atoms in total. The van der Waals surface area contributed by atoms with Crippen molar-refractivity contribution in [1.29, 1.82) is 0 Å². The summed E-state index contributed by atoms with van der Waals surface area (Å²) < 4.78 is 1.68. The van der Waals surface area contributed by atoms with Crippen LogP contribution >= 0.6 is 0 Å². The minimum atomic E-state index is 0.0784. The van der Waals surface area contributed by atoms with E-state index in [9.17, 15) is 4.79 Å². The number of carbonyl (C=O) groups excluding carboxylic acids is 1. The largest absolute Gasteiger partial charge is 0.336 e. The van der Waals surface area contributed by atoms with Crippen molar-refractivity contribution < 1.29 is 4.79 Å². The third-order valence-corrected chi connectivity index (χ3v) is 4.67. The maximum Gasteiger partial charge on any atom is 0.253 e. The fraction of sp³-hybridized carbons (Fsp3) is 0.250. The van der Waals surface area contributed by atoms with Crippen LogP contribution in [0.4, 0.5) is 0 Å². The number of aromatic nitrogens is 3. The lowest BCUT2D eigenvalue weighted by Crippen LogP contribution is -2.53. The topological polar surface area (TPSA) is 63.1 Å². The lowest BCUT2D eigenvalue weighted by atomic mass is 10.0. The number of rotatable bonds is 4. The monoisotopic (exact) mass is 347 g/mol. The Labute approximate surface area is 152 Å². The predicted molar refractivity (Wildman–Crippen MR) is 99.2 cm³/mol. The number of nitrogens with one attached hydrogen (secondary N) is 1. The first kappa shape index (κ1) is 16.5. The lowest BCUT2D eigenvalue weighted by molar-refractivity contribution is 0.0703. The standard InChI is InChI=1S/C20H21N5O/c26-20(17-6-8-19(9-7-17)25-13-11-22-23-25)24-12-10-21-18(15-24)14-16-4-2-1-3-5-16/h1-9,11,13,18,21H,10,12,14-15H2. The Balaban J connectivity index is 1.42. The summed E-state index contributed by atoms with van der Waals surface area (Å²) in [6.45, 7) is 2.27. The van der Waals surface area contributed by atoms with Gasteiger partial charge in [0.25, 0.3) is 5.91 Å². The van der Waals surface area contributed by atoms with Gasteiger partial charge in [-0.2, -0.15) is 0 Å². The van der Waals surface area contributed by atoms with Crippen molar-refractivity contribution in [3.8, 4) is 5.69 Å². The number of amides is 1. The van der Waals surface area contributed by atoms with E-state index < -0.39 is 0 Å². The highest BCUT2D eigenvalue weighted by Gasteiger charge is 2.24. The summed E-state index contributed by atoms with van der Waals surface area (Å²) in [6, 6.07) is 18.2. The zero-order chi connectivity index (χ0) is 17.8. The molecule has 1 atom stereocenters. The minimum Gasteiger partial charge on any atom is -0.336 e. The molecule has 1 amide bonds. The van der Waals surface area contributed by atoms with Gasteiger partial charge in [-0.25, -0.2) is 4.68 Å². The van der Waals surface area contributed by atoms with Crippen LogP contribution in [0.15, 0.2) is 67.0 Å². The molecule has 2 aromatic carbocycles. The number of piperazine rings is 1. The Morgan fingerprint density at radius 3 is 2.65 bits per heavy atom. The highest BCUT2D eigenvalue weighted by Crippen LogP contribution is 2.13. The van der Waals surface area contributed by atoms with Crippen LogP contribution in [-0.2, 0) is 6.42 Å². The van der Waals surface area contributed by atoms with Crippen molar-refractivity contribution in [2.75, 3.05) is 19.6 Å². The molecule has 2 heterocycles. The van der Waals surface area contributed by atoms with Crippen molar-refractivity contribution in [3.05, 3.63) is 78.1 Å². The quantitative estimate of drug-likeness (QED) is 0.783. The van der Waals surface area contributed by atoms with E-state index in [-0.39, 0.29) is 11.9 Å². The van der Waals surface area contributed by atoms with Gasteiger partial charge < -0.3 is 10.2 Å². The molecule has 0 bridgehead atoms. The summed E-state index contributed by atoms with van der Waals surface area (Å²) in [5.74, 6) is 0.0784. The van der Waals surface area contributed by atoms with E-state index in [0.717, 1.165) is 31.7 Å². The van der Waals surface area contributed by atoms with E-state index in [4.69, 9.17) is 0 Å². The molecule has 4 rings (SSSR count). The first-order chi connectivity index (χ1) is 12.8. The number of carbonyl (C=O) groups is 1. The maximum atomic E-state index is 12.9. The van der Waals surface area contributed by atoms with Crippen molar-refractivity contribution in [1.82, 2.24) is 25.2 Å². The Kier molecular flexibility index (Phi) is 4.75. The van der Waals surface area contributed by atoms with Crippen LogP contribution in [0.25, 0.3) is 5.69 Å². The fourth-order valence-electron chi connectivity index (χ4n) is 3.33. The van der Waals surface area contributed by atoms with Gasteiger partial charge in [0.15, 0.2) is 0 Å². The highest BCUT2D eigenvalue weighted by atomic mass is 16.2. The average Bonchev–Trinajstić information content (AvgIpc) is 3.23. The second-order valence-electron chi connectivity index (χ2n) is 6.49. The molecule has 1 saturated heterocycles. The third kappa shape index (κ3) is 3.65. The summed E-state index contributed by atoms with van der Waals surface area (Å²) in [5.41, 5.74) is 2.88. The molecule has 1 unspecified atom stereocenters. The molecule has 6 heteroatoms. The van der Waals surface area contributed by atoms with Gasteiger partial charge >= 0.3 is 0 Å². The van der Waals surface area contributed by atoms with Crippen LogP contribution in [0, 0.1) is 0 Å². The Bertz CT molecular complexity index is 846.